The zero-order chi connectivity index (χ0) is 25.4. The standard InChI is InChI=1S/C25H23ClF2N8O/c26-16-3-1-2-15(12-16)6-7-36-14-30-22-23(33-25(34-24(22)36)35-8-10-37-11-9-35)29-13-19-31-18-5-4-17(27)20(28)21(18)32-19/h1-5,12,14H,6-11,13H2,(H,31,32)(H,29,33,34). The molecule has 1 aliphatic rings. The maximum absolute atomic E-state index is 14.1. The van der Waals surface area contributed by atoms with Crippen LogP contribution in [-0.4, -0.2) is 55.8 Å². The highest BCUT2D eigenvalue weighted by Crippen LogP contribution is 2.25. The Labute approximate surface area is 215 Å². The third-order valence-electron chi connectivity index (χ3n) is 6.29. The van der Waals surface area contributed by atoms with Crippen molar-refractivity contribution in [2.24, 2.45) is 0 Å². The molecule has 12 heteroatoms. The van der Waals surface area contributed by atoms with Crippen LogP contribution in [0.4, 0.5) is 20.5 Å². The van der Waals surface area contributed by atoms with Crippen molar-refractivity contribution in [3.63, 3.8) is 0 Å². The summed E-state index contributed by atoms with van der Waals surface area (Å²) >= 11 is 6.14. The molecule has 1 fully saturated rings. The molecule has 1 saturated heterocycles. The number of aromatic amines is 1. The number of ether oxygens (including phenoxy) is 1. The molecule has 0 saturated carbocycles. The number of hydrogen-bond acceptors (Lipinski definition) is 7. The molecule has 37 heavy (non-hydrogen) atoms. The molecule has 0 bridgehead atoms. The number of aromatic nitrogens is 6. The SMILES string of the molecule is Fc1ccc2[nH]c(CNc3nc(N4CCOCC4)nc4c3ncn4CCc3cccc(Cl)c3)nc2c1F. The monoisotopic (exact) mass is 524 g/mol. The van der Waals surface area contributed by atoms with Crippen LogP contribution in [0.1, 0.15) is 11.4 Å². The summed E-state index contributed by atoms with van der Waals surface area (Å²) < 4.78 is 35.2. The zero-order valence-corrected chi connectivity index (χ0v) is 20.5. The minimum Gasteiger partial charge on any atom is -0.378 e. The fraction of sp³-hybridized carbons (Fsp3) is 0.280. The Morgan fingerprint density at radius 1 is 1.05 bits per heavy atom. The number of nitrogens with zero attached hydrogens (tertiary/aromatic N) is 6. The predicted octanol–water partition coefficient (Wildman–Crippen LogP) is 4.33. The molecule has 0 radical (unpaired) electrons. The number of aryl methyl sites for hydroxylation is 2. The Kier molecular flexibility index (Phi) is 6.31. The van der Waals surface area contributed by atoms with Crippen LogP contribution in [0, 0.1) is 11.6 Å². The van der Waals surface area contributed by atoms with E-state index < -0.39 is 11.6 Å². The fourth-order valence-corrected chi connectivity index (χ4v) is 4.60. The summed E-state index contributed by atoms with van der Waals surface area (Å²) in [7, 11) is 0. The minimum absolute atomic E-state index is 0.0380. The van der Waals surface area contributed by atoms with Crippen LogP contribution in [0.2, 0.25) is 5.02 Å². The van der Waals surface area contributed by atoms with Crippen molar-refractivity contribution in [3.8, 4) is 0 Å². The van der Waals surface area contributed by atoms with Crippen LogP contribution < -0.4 is 10.2 Å². The van der Waals surface area contributed by atoms with Crippen molar-refractivity contribution in [2.45, 2.75) is 19.5 Å². The lowest BCUT2D eigenvalue weighted by Gasteiger charge is -2.27. The van der Waals surface area contributed by atoms with Crippen LogP contribution >= 0.6 is 11.6 Å². The molecule has 1 aliphatic heterocycles. The summed E-state index contributed by atoms with van der Waals surface area (Å²) in [6.07, 6.45) is 2.50. The van der Waals surface area contributed by atoms with Crippen LogP contribution in [0.5, 0.6) is 0 Å². The summed E-state index contributed by atoms with van der Waals surface area (Å²) in [6.45, 7) is 3.41. The molecule has 6 rings (SSSR count). The van der Waals surface area contributed by atoms with Crippen LogP contribution in [0.25, 0.3) is 22.2 Å². The van der Waals surface area contributed by atoms with Crippen molar-refractivity contribution in [3.05, 3.63) is 70.8 Å². The molecule has 2 N–H and O–H groups in total. The second kappa shape index (κ2) is 9.91. The Morgan fingerprint density at radius 3 is 2.76 bits per heavy atom. The van der Waals surface area contributed by atoms with Crippen molar-refractivity contribution < 1.29 is 13.5 Å². The molecule has 5 aromatic rings. The quantitative estimate of drug-likeness (QED) is 0.327. The number of fused-ring (bicyclic) bond motifs is 2. The van der Waals surface area contributed by atoms with Gasteiger partial charge >= 0.3 is 0 Å². The van der Waals surface area contributed by atoms with E-state index in [2.05, 4.69) is 25.2 Å². The first-order valence-electron chi connectivity index (χ1n) is 11.9. The van der Waals surface area contributed by atoms with Gasteiger partial charge < -0.3 is 24.5 Å². The van der Waals surface area contributed by atoms with E-state index in [4.69, 9.17) is 26.3 Å². The largest absolute Gasteiger partial charge is 0.378 e. The molecule has 0 unspecified atom stereocenters. The highest BCUT2D eigenvalue weighted by atomic mass is 35.5. The van der Waals surface area contributed by atoms with E-state index in [0.29, 0.717) is 72.1 Å². The molecule has 3 aromatic heterocycles. The highest BCUT2D eigenvalue weighted by molar-refractivity contribution is 6.30. The number of benzene rings is 2. The van der Waals surface area contributed by atoms with Gasteiger partial charge in [0, 0.05) is 24.7 Å². The number of rotatable bonds is 7. The van der Waals surface area contributed by atoms with Crippen molar-refractivity contribution in [2.75, 3.05) is 36.5 Å². The maximum atomic E-state index is 14.1. The minimum atomic E-state index is -0.975. The van der Waals surface area contributed by atoms with E-state index in [1.807, 2.05) is 28.8 Å². The van der Waals surface area contributed by atoms with Gasteiger partial charge in [-0.2, -0.15) is 9.97 Å². The van der Waals surface area contributed by atoms with Crippen LogP contribution in [0.3, 0.4) is 0 Å². The van der Waals surface area contributed by atoms with Gasteiger partial charge in [-0.05, 0) is 36.2 Å². The van der Waals surface area contributed by atoms with E-state index in [0.717, 1.165) is 18.1 Å². The number of imidazole rings is 2. The van der Waals surface area contributed by atoms with Gasteiger partial charge in [0.25, 0.3) is 0 Å². The number of halogens is 3. The van der Waals surface area contributed by atoms with Crippen LogP contribution in [0.15, 0.2) is 42.7 Å². The lowest BCUT2D eigenvalue weighted by atomic mass is 10.1. The van der Waals surface area contributed by atoms with E-state index >= 15 is 0 Å². The second-order valence-electron chi connectivity index (χ2n) is 8.76. The average molecular weight is 525 g/mol. The fourth-order valence-electron chi connectivity index (χ4n) is 4.39. The van der Waals surface area contributed by atoms with Gasteiger partial charge in [-0.15, -0.1) is 0 Å². The first kappa shape index (κ1) is 23.6. The zero-order valence-electron chi connectivity index (χ0n) is 19.7. The number of morpholine rings is 1. The van der Waals surface area contributed by atoms with Gasteiger partial charge in [-0.3, -0.25) is 0 Å². The smallest absolute Gasteiger partial charge is 0.229 e. The predicted molar refractivity (Wildman–Crippen MR) is 137 cm³/mol. The Balaban J connectivity index is 1.31. The first-order chi connectivity index (χ1) is 18.0. The molecule has 0 amide bonds. The summed E-state index contributed by atoms with van der Waals surface area (Å²) in [5.41, 5.74) is 2.80. The third-order valence-corrected chi connectivity index (χ3v) is 6.53. The first-order valence-corrected chi connectivity index (χ1v) is 12.3. The molecular formula is C25H23ClF2N8O. The van der Waals surface area contributed by atoms with Crippen molar-refractivity contribution in [1.82, 2.24) is 29.5 Å². The summed E-state index contributed by atoms with van der Waals surface area (Å²) in [5.74, 6) is -0.368. The molecule has 0 aliphatic carbocycles. The van der Waals surface area contributed by atoms with E-state index in [1.54, 1.807) is 6.33 Å². The third kappa shape index (κ3) is 4.79. The molecular weight excluding hydrogens is 502 g/mol. The van der Waals surface area contributed by atoms with Gasteiger partial charge in [0.05, 0.1) is 31.6 Å². The summed E-state index contributed by atoms with van der Waals surface area (Å²) in [4.78, 5) is 23.5. The van der Waals surface area contributed by atoms with E-state index in [-0.39, 0.29) is 12.1 Å². The summed E-state index contributed by atoms with van der Waals surface area (Å²) in [5, 5.41) is 3.96. The number of H-pyrrole nitrogens is 1. The highest BCUT2D eigenvalue weighted by Gasteiger charge is 2.20. The van der Waals surface area contributed by atoms with E-state index in [9.17, 15) is 8.78 Å². The van der Waals surface area contributed by atoms with Gasteiger partial charge in [0.15, 0.2) is 28.6 Å². The Bertz CT molecular complexity index is 1580. The van der Waals surface area contributed by atoms with Crippen molar-refractivity contribution >= 4 is 45.6 Å². The van der Waals surface area contributed by atoms with Gasteiger partial charge in [0.2, 0.25) is 5.95 Å². The maximum Gasteiger partial charge on any atom is 0.229 e. The second-order valence-corrected chi connectivity index (χ2v) is 9.19. The lowest BCUT2D eigenvalue weighted by Crippen LogP contribution is -2.37. The number of hydrogen-bond donors (Lipinski definition) is 2. The lowest BCUT2D eigenvalue weighted by molar-refractivity contribution is 0.122. The normalized spacial score (nSPS) is 14.1. The number of anilines is 2. The Hall–Kier alpha value is -3.83. The molecule has 4 heterocycles. The molecule has 9 nitrogen and oxygen atoms in total. The summed E-state index contributed by atoms with van der Waals surface area (Å²) in [6, 6.07) is 10.3. The number of nitrogens with one attached hydrogen (secondary N) is 2. The van der Waals surface area contributed by atoms with Crippen molar-refractivity contribution in [1.29, 1.82) is 0 Å². The average Bonchev–Trinajstić information content (AvgIpc) is 3.53. The molecule has 0 spiro atoms. The Morgan fingerprint density at radius 2 is 1.92 bits per heavy atom. The van der Waals surface area contributed by atoms with Crippen LogP contribution in [-0.2, 0) is 24.2 Å². The van der Waals surface area contributed by atoms with Gasteiger partial charge in [-0.25, -0.2) is 18.7 Å². The molecule has 0 atom stereocenters. The van der Waals surface area contributed by atoms with Gasteiger partial charge in [0.1, 0.15) is 11.3 Å². The molecule has 190 valence electrons. The van der Waals surface area contributed by atoms with Gasteiger partial charge in [-0.1, -0.05) is 23.7 Å². The van der Waals surface area contributed by atoms with E-state index in [1.165, 1.54) is 6.07 Å². The molecule has 2 aromatic carbocycles. The topological polar surface area (TPSA) is 96.8 Å².